The smallest absolute Gasteiger partial charge is 0.186 e. The normalized spacial score (nSPS) is 18.9. The van der Waals surface area contributed by atoms with Gasteiger partial charge < -0.3 is 10.2 Å². The highest BCUT2D eigenvalue weighted by molar-refractivity contribution is 9.10. The Morgan fingerprint density at radius 3 is 2.79 bits per heavy atom. The highest BCUT2D eigenvalue weighted by atomic mass is 79.9. The zero-order chi connectivity index (χ0) is 9.97. The number of halogens is 1. The molecule has 0 spiro atoms. The van der Waals surface area contributed by atoms with Gasteiger partial charge in [-0.3, -0.25) is 0 Å². The summed E-state index contributed by atoms with van der Waals surface area (Å²) in [6.45, 7) is 2.23. The van der Waals surface area contributed by atoms with Gasteiger partial charge in [-0.05, 0) is 35.8 Å². The summed E-state index contributed by atoms with van der Waals surface area (Å²) in [7, 11) is 2.04. The van der Waals surface area contributed by atoms with E-state index in [0.29, 0.717) is 6.04 Å². The monoisotopic (exact) mass is 275 g/mol. The van der Waals surface area contributed by atoms with E-state index in [2.05, 4.69) is 31.1 Å². The first-order valence-corrected chi connectivity index (χ1v) is 6.50. The van der Waals surface area contributed by atoms with Gasteiger partial charge in [-0.2, -0.15) is 0 Å². The molecule has 1 aliphatic rings. The molecule has 0 unspecified atom stereocenters. The van der Waals surface area contributed by atoms with Crippen molar-refractivity contribution in [1.29, 1.82) is 0 Å². The van der Waals surface area contributed by atoms with E-state index in [0.717, 1.165) is 22.8 Å². The van der Waals surface area contributed by atoms with Gasteiger partial charge in [0, 0.05) is 24.5 Å². The lowest BCUT2D eigenvalue weighted by molar-refractivity contribution is 0.442. The van der Waals surface area contributed by atoms with Gasteiger partial charge in [0.05, 0.1) is 0 Å². The first kappa shape index (κ1) is 10.4. The first-order valence-electron chi connectivity index (χ1n) is 4.83. The van der Waals surface area contributed by atoms with E-state index in [-0.39, 0.29) is 0 Å². The molecule has 1 N–H and O–H groups in total. The van der Waals surface area contributed by atoms with Crippen molar-refractivity contribution < 1.29 is 0 Å². The van der Waals surface area contributed by atoms with Crippen LogP contribution in [0.1, 0.15) is 12.8 Å². The topological polar surface area (TPSA) is 28.2 Å². The van der Waals surface area contributed by atoms with Crippen LogP contribution >= 0.6 is 27.3 Å². The number of nitrogens with zero attached hydrogens (tertiary/aromatic N) is 2. The minimum Gasteiger partial charge on any atom is -0.348 e. The predicted molar refractivity (Wildman–Crippen MR) is 64.1 cm³/mol. The zero-order valence-corrected chi connectivity index (χ0v) is 10.6. The standard InChI is InChI=1S/C9H14BrN3S/c1-11-7-2-4-13(5-3-7)9-12-8(10)6-14-9/h6-7,11H,2-5H2,1H3. The number of thiazole rings is 1. The maximum atomic E-state index is 4.43. The number of piperidine rings is 1. The van der Waals surface area contributed by atoms with Crippen LogP contribution in [-0.4, -0.2) is 31.2 Å². The third kappa shape index (κ3) is 2.27. The van der Waals surface area contributed by atoms with Gasteiger partial charge in [0.15, 0.2) is 5.13 Å². The van der Waals surface area contributed by atoms with E-state index in [4.69, 9.17) is 0 Å². The van der Waals surface area contributed by atoms with Gasteiger partial charge in [0.25, 0.3) is 0 Å². The molecule has 3 nitrogen and oxygen atoms in total. The second-order valence-electron chi connectivity index (χ2n) is 3.50. The molecule has 1 fully saturated rings. The Labute approximate surface area is 96.7 Å². The van der Waals surface area contributed by atoms with Gasteiger partial charge >= 0.3 is 0 Å². The fourth-order valence-electron chi connectivity index (χ4n) is 1.75. The summed E-state index contributed by atoms with van der Waals surface area (Å²) in [6, 6.07) is 0.689. The number of aromatic nitrogens is 1. The van der Waals surface area contributed by atoms with Crippen molar-refractivity contribution in [2.45, 2.75) is 18.9 Å². The van der Waals surface area contributed by atoms with Crippen molar-refractivity contribution in [1.82, 2.24) is 10.3 Å². The predicted octanol–water partition coefficient (Wildman–Crippen LogP) is 2.09. The summed E-state index contributed by atoms with van der Waals surface area (Å²) in [5, 5.41) is 6.51. The minimum absolute atomic E-state index is 0.689. The van der Waals surface area contributed by atoms with Crippen molar-refractivity contribution in [2.75, 3.05) is 25.0 Å². The maximum Gasteiger partial charge on any atom is 0.186 e. The van der Waals surface area contributed by atoms with Gasteiger partial charge in [0.2, 0.25) is 0 Å². The number of rotatable bonds is 2. The Hall–Kier alpha value is -0.130. The molecule has 0 saturated carbocycles. The van der Waals surface area contributed by atoms with E-state index in [9.17, 15) is 0 Å². The van der Waals surface area contributed by atoms with Crippen LogP contribution in [0.2, 0.25) is 0 Å². The van der Waals surface area contributed by atoms with Gasteiger partial charge in [-0.25, -0.2) is 4.98 Å². The number of nitrogens with one attached hydrogen (secondary N) is 1. The lowest BCUT2D eigenvalue weighted by atomic mass is 10.1. The summed E-state index contributed by atoms with van der Waals surface area (Å²) in [5.41, 5.74) is 0. The second-order valence-corrected chi connectivity index (χ2v) is 5.15. The van der Waals surface area contributed by atoms with Crippen LogP contribution in [0.25, 0.3) is 0 Å². The average Bonchev–Trinajstić information content (AvgIpc) is 2.65. The fraction of sp³-hybridized carbons (Fsp3) is 0.667. The van der Waals surface area contributed by atoms with Crippen molar-refractivity contribution >= 4 is 32.4 Å². The second kappa shape index (κ2) is 4.59. The maximum absolute atomic E-state index is 4.43. The highest BCUT2D eigenvalue weighted by Crippen LogP contribution is 2.26. The molecule has 1 aliphatic heterocycles. The zero-order valence-electron chi connectivity index (χ0n) is 8.16. The molecule has 1 saturated heterocycles. The Bertz CT molecular complexity index is 294. The molecule has 0 bridgehead atoms. The Morgan fingerprint density at radius 1 is 1.57 bits per heavy atom. The van der Waals surface area contributed by atoms with Crippen molar-refractivity contribution in [3.05, 3.63) is 9.98 Å². The summed E-state index contributed by atoms with van der Waals surface area (Å²) in [4.78, 5) is 6.79. The molecule has 1 aromatic heterocycles. The SMILES string of the molecule is CNC1CCN(c2nc(Br)cs2)CC1. The Kier molecular flexibility index (Phi) is 3.41. The van der Waals surface area contributed by atoms with Gasteiger partial charge in [-0.15, -0.1) is 11.3 Å². The lowest BCUT2D eigenvalue weighted by Crippen LogP contribution is -2.41. The average molecular weight is 276 g/mol. The van der Waals surface area contributed by atoms with E-state index in [1.807, 2.05) is 12.4 Å². The van der Waals surface area contributed by atoms with Crippen LogP contribution in [0.5, 0.6) is 0 Å². The molecule has 1 aromatic rings. The van der Waals surface area contributed by atoms with Crippen LogP contribution in [0.15, 0.2) is 9.98 Å². The van der Waals surface area contributed by atoms with E-state index in [1.165, 1.54) is 12.8 Å². The van der Waals surface area contributed by atoms with E-state index in [1.54, 1.807) is 11.3 Å². The Balaban J connectivity index is 1.95. The van der Waals surface area contributed by atoms with Gasteiger partial charge in [-0.1, -0.05) is 0 Å². The molecular formula is C9H14BrN3S. The van der Waals surface area contributed by atoms with Crippen molar-refractivity contribution in [3.8, 4) is 0 Å². The molecule has 14 heavy (non-hydrogen) atoms. The van der Waals surface area contributed by atoms with Crippen LogP contribution < -0.4 is 10.2 Å². The molecular weight excluding hydrogens is 262 g/mol. The summed E-state index contributed by atoms with van der Waals surface area (Å²) in [6.07, 6.45) is 2.43. The molecule has 0 aromatic carbocycles. The van der Waals surface area contributed by atoms with Crippen LogP contribution in [0, 0.1) is 0 Å². The molecule has 2 rings (SSSR count). The van der Waals surface area contributed by atoms with E-state index >= 15 is 0 Å². The molecule has 0 radical (unpaired) electrons. The number of hydrogen-bond donors (Lipinski definition) is 1. The third-order valence-electron chi connectivity index (χ3n) is 2.64. The molecule has 0 atom stereocenters. The van der Waals surface area contributed by atoms with Crippen LogP contribution in [0.4, 0.5) is 5.13 Å². The van der Waals surface area contributed by atoms with Crippen molar-refractivity contribution in [2.24, 2.45) is 0 Å². The summed E-state index contributed by atoms with van der Waals surface area (Å²) >= 11 is 5.10. The Morgan fingerprint density at radius 2 is 2.29 bits per heavy atom. The first-order chi connectivity index (χ1) is 6.79. The molecule has 5 heteroatoms. The molecule has 2 heterocycles. The minimum atomic E-state index is 0.689. The summed E-state index contributed by atoms with van der Waals surface area (Å²) < 4.78 is 0.952. The summed E-state index contributed by atoms with van der Waals surface area (Å²) in [5.74, 6) is 0. The lowest BCUT2D eigenvalue weighted by Gasteiger charge is -2.31. The van der Waals surface area contributed by atoms with Crippen molar-refractivity contribution in [3.63, 3.8) is 0 Å². The molecule has 78 valence electrons. The molecule has 0 amide bonds. The highest BCUT2D eigenvalue weighted by Gasteiger charge is 2.19. The van der Waals surface area contributed by atoms with Crippen LogP contribution in [0.3, 0.4) is 0 Å². The van der Waals surface area contributed by atoms with Gasteiger partial charge in [0.1, 0.15) is 4.60 Å². The van der Waals surface area contributed by atoms with Crippen LogP contribution in [-0.2, 0) is 0 Å². The number of anilines is 1. The molecule has 0 aliphatic carbocycles. The fourth-order valence-corrected chi connectivity index (χ4v) is 3.05. The quantitative estimate of drug-likeness (QED) is 0.896. The third-order valence-corrected chi connectivity index (χ3v) is 4.25. The van der Waals surface area contributed by atoms with E-state index < -0.39 is 0 Å². The number of hydrogen-bond acceptors (Lipinski definition) is 4. The largest absolute Gasteiger partial charge is 0.348 e.